The number of ether oxygens (including phenoxy) is 1. The normalized spacial score (nSPS) is 9.28. The summed E-state index contributed by atoms with van der Waals surface area (Å²) in [4.78, 5) is 11.1. The van der Waals surface area contributed by atoms with Crippen molar-refractivity contribution in [2.45, 2.75) is 13.5 Å². The van der Waals surface area contributed by atoms with E-state index in [-0.39, 0.29) is 0 Å². The molecule has 0 saturated heterocycles. The predicted molar refractivity (Wildman–Crippen MR) is 71.0 cm³/mol. The fraction of sp³-hybridized carbons (Fsp3) is 0.250. The van der Waals surface area contributed by atoms with E-state index in [1.807, 2.05) is 49.4 Å². The Morgan fingerprint density at radius 3 is 2.56 bits per heavy atom. The summed E-state index contributed by atoms with van der Waals surface area (Å²) in [6, 6.07) is 9.58. The van der Waals surface area contributed by atoms with Gasteiger partial charge in [0.05, 0.1) is 0 Å². The van der Waals surface area contributed by atoms with Gasteiger partial charge in [0.1, 0.15) is 6.61 Å². The second-order valence-corrected chi connectivity index (χ2v) is 3.15. The molecule has 0 aliphatic heterocycles. The van der Waals surface area contributed by atoms with Crippen LogP contribution in [0.4, 0.5) is 4.79 Å². The first-order chi connectivity index (χ1) is 8.74. The molecule has 0 saturated carbocycles. The van der Waals surface area contributed by atoms with Gasteiger partial charge >= 0.3 is 13.8 Å². The molecule has 6 heteroatoms. The number of carbonyl (C=O) groups is 1. The number of alkyl carbamates (subject to hydrolysis) is 1. The van der Waals surface area contributed by atoms with E-state index in [2.05, 4.69) is 5.32 Å². The predicted octanol–water partition coefficient (Wildman–Crippen LogP) is 0.726. The lowest BCUT2D eigenvalue weighted by Crippen LogP contribution is -2.24. The molecule has 1 rings (SSSR count). The monoisotopic (exact) mass is 251 g/mol. The molecule has 0 radical (unpaired) electrons. The minimum Gasteiger partial charge on any atom is -0.445 e. The smallest absolute Gasteiger partial charge is 0.432 e. The third-order valence-corrected chi connectivity index (χ3v) is 1.81. The fourth-order valence-electron chi connectivity index (χ4n) is 1.03. The number of amides is 1. The standard InChI is InChI=1S/C12H15NO2.BH3O2/c1-2-3-9-13-12(14)15-10-11-7-5-4-6-8-11;2-1-3/h2-8H,9-10H2,1H3,(H,13,14);1-3H/b3-2+;. The van der Waals surface area contributed by atoms with E-state index in [4.69, 9.17) is 14.8 Å². The van der Waals surface area contributed by atoms with E-state index in [0.29, 0.717) is 13.2 Å². The largest absolute Gasteiger partial charge is 0.445 e. The van der Waals surface area contributed by atoms with Gasteiger partial charge in [-0.1, -0.05) is 42.5 Å². The first-order valence-electron chi connectivity index (χ1n) is 5.52. The second-order valence-electron chi connectivity index (χ2n) is 3.15. The maximum Gasteiger partial charge on any atom is 0.432 e. The Morgan fingerprint density at radius 1 is 1.39 bits per heavy atom. The Balaban J connectivity index is 0.000000873. The van der Waals surface area contributed by atoms with Crippen LogP contribution in [-0.4, -0.2) is 30.4 Å². The van der Waals surface area contributed by atoms with E-state index in [9.17, 15) is 4.79 Å². The van der Waals surface area contributed by atoms with Gasteiger partial charge in [-0.3, -0.25) is 0 Å². The molecule has 0 aliphatic rings. The third kappa shape index (κ3) is 9.44. The average molecular weight is 251 g/mol. The van der Waals surface area contributed by atoms with Crippen molar-refractivity contribution in [1.82, 2.24) is 5.32 Å². The van der Waals surface area contributed by atoms with Crippen molar-refractivity contribution in [3.8, 4) is 0 Å². The maximum absolute atomic E-state index is 11.1. The van der Waals surface area contributed by atoms with Crippen LogP contribution in [0.15, 0.2) is 42.5 Å². The quantitative estimate of drug-likeness (QED) is 0.544. The first-order valence-corrected chi connectivity index (χ1v) is 5.52. The van der Waals surface area contributed by atoms with Crippen LogP contribution in [-0.2, 0) is 11.3 Å². The van der Waals surface area contributed by atoms with Gasteiger partial charge in [-0.2, -0.15) is 0 Å². The number of hydrogen-bond acceptors (Lipinski definition) is 4. The van der Waals surface area contributed by atoms with Gasteiger partial charge in [0.2, 0.25) is 0 Å². The summed E-state index contributed by atoms with van der Waals surface area (Å²) in [6.07, 6.45) is 3.33. The van der Waals surface area contributed by atoms with Crippen molar-refractivity contribution in [1.29, 1.82) is 0 Å². The second kappa shape index (κ2) is 11.7. The number of allylic oxidation sites excluding steroid dienone is 1. The SMILES string of the molecule is C/C=C/CNC(=O)OCc1ccccc1.OBO. The van der Waals surface area contributed by atoms with E-state index in [0.717, 1.165) is 5.56 Å². The molecule has 1 aromatic carbocycles. The number of carbonyl (C=O) groups excluding carboxylic acids is 1. The number of nitrogens with one attached hydrogen (secondary N) is 1. The van der Waals surface area contributed by atoms with Gasteiger partial charge in [-0.25, -0.2) is 4.79 Å². The molecular formula is C12H18BNO4. The van der Waals surface area contributed by atoms with E-state index in [1.54, 1.807) is 0 Å². The van der Waals surface area contributed by atoms with Crippen LogP contribution in [0.1, 0.15) is 12.5 Å². The van der Waals surface area contributed by atoms with Crippen LogP contribution in [0.25, 0.3) is 0 Å². The van der Waals surface area contributed by atoms with Crippen LogP contribution < -0.4 is 5.32 Å². The Labute approximate surface area is 107 Å². The maximum atomic E-state index is 11.1. The van der Waals surface area contributed by atoms with Crippen molar-refractivity contribution in [2.24, 2.45) is 0 Å². The Hall–Kier alpha value is -1.79. The van der Waals surface area contributed by atoms with Gasteiger partial charge in [0.25, 0.3) is 0 Å². The van der Waals surface area contributed by atoms with Crippen molar-refractivity contribution in [3.63, 3.8) is 0 Å². The van der Waals surface area contributed by atoms with E-state index >= 15 is 0 Å². The number of rotatable bonds is 4. The molecule has 0 bridgehead atoms. The third-order valence-electron chi connectivity index (χ3n) is 1.81. The molecule has 0 aliphatic carbocycles. The van der Waals surface area contributed by atoms with Crippen LogP contribution in [0.3, 0.4) is 0 Å². The Morgan fingerprint density at radius 2 is 2.00 bits per heavy atom. The van der Waals surface area contributed by atoms with Gasteiger partial charge in [0.15, 0.2) is 0 Å². The number of hydrogen-bond donors (Lipinski definition) is 3. The first kappa shape index (κ1) is 16.2. The zero-order valence-corrected chi connectivity index (χ0v) is 10.4. The zero-order valence-electron chi connectivity index (χ0n) is 10.4. The molecule has 0 aromatic heterocycles. The van der Waals surface area contributed by atoms with Crippen molar-refractivity contribution in [2.75, 3.05) is 6.54 Å². The molecule has 0 atom stereocenters. The van der Waals surface area contributed by atoms with Crippen molar-refractivity contribution < 1.29 is 19.6 Å². The summed E-state index contributed by atoms with van der Waals surface area (Å²) in [5.74, 6) is 0. The minimum absolute atomic E-state index is 0.308. The highest BCUT2D eigenvalue weighted by atomic mass is 16.5. The summed E-state index contributed by atoms with van der Waals surface area (Å²) >= 11 is 0. The summed E-state index contributed by atoms with van der Waals surface area (Å²) in [6.45, 7) is 2.71. The molecular weight excluding hydrogens is 233 g/mol. The fourth-order valence-corrected chi connectivity index (χ4v) is 1.03. The summed E-state index contributed by atoms with van der Waals surface area (Å²) < 4.78 is 4.99. The lowest BCUT2D eigenvalue weighted by Gasteiger charge is -2.04. The van der Waals surface area contributed by atoms with E-state index in [1.165, 1.54) is 0 Å². The molecule has 0 heterocycles. The van der Waals surface area contributed by atoms with E-state index < -0.39 is 13.8 Å². The van der Waals surface area contributed by atoms with Crippen LogP contribution in [0.2, 0.25) is 0 Å². The van der Waals surface area contributed by atoms with Gasteiger partial charge < -0.3 is 20.1 Å². The molecule has 1 amide bonds. The molecule has 3 N–H and O–H groups in total. The van der Waals surface area contributed by atoms with Crippen LogP contribution >= 0.6 is 0 Å². The summed E-state index contributed by atoms with van der Waals surface area (Å²) in [5.41, 5.74) is 0.985. The zero-order chi connectivity index (χ0) is 13.6. The molecule has 18 heavy (non-hydrogen) atoms. The highest BCUT2D eigenvalue weighted by Crippen LogP contribution is 2.00. The molecule has 0 unspecified atom stereocenters. The van der Waals surface area contributed by atoms with Gasteiger partial charge in [0, 0.05) is 6.54 Å². The van der Waals surface area contributed by atoms with Crippen LogP contribution in [0, 0.1) is 0 Å². The van der Waals surface area contributed by atoms with Gasteiger partial charge in [-0.05, 0) is 12.5 Å². The molecule has 0 fully saturated rings. The van der Waals surface area contributed by atoms with Crippen molar-refractivity contribution in [3.05, 3.63) is 48.0 Å². The number of benzene rings is 1. The Kier molecular flexibility index (Phi) is 10.5. The lowest BCUT2D eigenvalue weighted by atomic mass is 10.2. The molecule has 5 nitrogen and oxygen atoms in total. The minimum atomic E-state index is -0.750. The topological polar surface area (TPSA) is 78.8 Å². The Bertz CT molecular complexity index is 343. The summed E-state index contributed by atoms with van der Waals surface area (Å²) in [5, 5.41) is 16.9. The van der Waals surface area contributed by atoms with Crippen molar-refractivity contribution >= 4 is 13.8 Å². The average Bonchev–Trinajstić information content (AvgIpc) is 2.39. The highest BCUT2D eigenvalue weighted by molar-refractivity contribution is 6.13. The molecule has 0 spiro atoms. The lowest BCUT2D eigenvalue weighted by molar-refractivity contribution is 0.140. The molecule has 1 aromatic rings. The summed E-state index contributed by atoms with van der Waals surface area (Å²) in [7, 11) is -0.750. The highest BCUT2D eigenvalue weighted by Gasteiger charge is 1.99. The van der Waals surface area contributed by atoms with Gasteiger partial charge in [-0.15, -0.1) is 0 Å². The molecule has 98 valence electrons. The van der Waals surface area contributed by atoms with Crippen LogP contribution in [0.5, 0.6) is 0 Å².